The van der Waals surface area contributed by atoms with Crippen LogP contribution in [0.4, 0.5) is 8.78 Å². The van der Waals surface area contributed by atoms with Gasteiger partial charge in [-0.05, 0) is 57.0 Å². The Hall–Kier alpha value is -1.40. The third-order valence-corrected chi connectivity index (χ3v) is 5.45. The molecule has 23 heavy (non-hydrogen) atoms. The van der Waals surface area contributed by atoms with Gasteiger partial charge in [0.1, 0.15) is 0 Å². The van der Waals surface area contributed by atoms with Gasteiger partial charge in [0.2, 0.25) is 0 Å². The molecule has 1 N–H and O–H groups in total. The van der Waals surface area contributed by atoms with E-state index < -0.39 is 6.61 Å². The molecule has 1 aromatic carbocycles. The maximum absolute atomic E-state index is 12.7. The van der Waals surface area contributed by atoms with E-state index in [-0.39, 0.29) is 23.3 Å². The van der Waals surface area contributed by atoms with Crippen molar-refractivity contribution in [2.75, 3.05) is 20.7 Å². The average Bonchev–Trinajstić information content (AvgIpc) is 2.85. The zero-order valence-electron chi connectivity index (χ0n) is 13.5. The highest BCUT2D eigenvalue weighted by atomic mass is 19.3. The Morgan fingerprint density at radius 1 is 1.30 bits per heavy atom. The fourth-order valence-electron chi connectivity index (χ4n) is 4.27. The number of methoxy groups -OCH3 is 1. The normalized spacial score (nSPS) is 31.2. The molecule has 128 valence electrons. The van der Waals surface area contributed by atoms with E-state index in [2.05, 4.69) is 16.7 Å². The second kappa shape index (κ2) is 6.24. The number of likely N-dealkylation sites (tertiary alicyclic amines) is 1. The fourth-order valence-corrected chi connectivity index (χ4v) is 4.27. The molecule has 0 aromatic heterocycles. The van der Waals surface area contributed by atoms with Crippen molar-refractivity contribution < 1.29 is 23.4 Å². The van der Waals surface area contributed by atoms with Crippen LogP contribution in [0.1, 0.15) is 31.2 Å². The number of likely N-dealkylation sites (N-methyl/N-ethyl adjacent to an activating group) is 1. The van der Waals surface area contributed by atoms with Crippen LogP contribution in [-0.4, -0.2) is 49.5 Å². The van der Waals surface area contributed by atoms with Crippen molar-refractivity contribution in [2.24, 2.45) is 0 Å². The van der Waals surface area contributed by atoms with Gasteiger partial charge in [-0.3, -0.25) is 0 Å². The smallest absolute Gasteiger partial charge is 0.387 e. The van der Waals surface area contributed by atoms with Gasteiger partial charge in [0.25, 0.3) is 0 Å². The molecule has 6 heteroatoms. The molecule has 0 radical (unpaired) electrons. The molecule has 1 saturated carbocycles. The number of ether oxygens (including phenoxy) is 2. The van der Waals surface area contributed by atoms with E-state index in [4.69, 9.17) is 4.74 Å². The quantitative estimate of drug-likeness (QED) is 0.923. The first kappa shape index (κ1) is 16.5. The standard InChI is InChI=1S/C17H23F2NO3/c1-20-8-7-17(6-5-12(21)10-15(17)20)11-3-4-13(22-2)14(9-11)23-16(18)19/h3-4,9,12,15-16,21H,5-8,10H2,1-2H3/t12?,15-,17-/m0/s1. The summed E-state index contributed by atoms with van der Waals surface area (Å²) in [6.45, 7) is -1.94. The fraction of sp³-hybridized carbons (Fsp3) is 0.647. The van der Waals surface area contributed by atoms with Crippen LogP contribution in [0.25, 0.3) is 0 Å². The minimum Gasteiger partial charge on any atom is -0.493 e. The van der Waals surface area contributed by atoms with E-state index in [9.17, 15) is 13.9 Å². The lowest BCUT2D eigenvalue weighted by Crippen LogP contribution is -2.47. The molecule has 0 bridgehead atoms. The molecule has 1 aliphatic carbocycles. The highest BCUT2D eigenvalue weighted by Crippen LogP contribution is 2.49. The number of nitrogens with zero attached hydrogens (tertiary/aromatic N) is 1. The Balaban J connectivity index is 1.99. The van der Waals surface area contributed by atoms with E-state index >= 15 is 0 Å². The number of fused-ring (bicyclic) bond motifs is 1. The summed E-state index contributed by atoms with van der Waals surface area (Å²) >= 11 is 0. The van der Waals surface area contributed by atoms with Crippen molar-refractivity contribution >= 4 is 0 Å². The van der Waals surface area contributed by atoms with Crippen LogP contribution in [-0.2, 0) is 5.41 Å². The molecule has 1 aromatic rings. The van der Waals surface area contributed by atoms with E-state index in [0.29, 0.717) is 12.2 Å². The van der Waals surface area contributed by atoms with Gasteiger partial charge < -0.3 is 19.5 Å². The van der Waals surface area contributed by atoms with Crippen LogP contribution in [0, 0.1) is 0 Å². The van der Waals surface area contributed by atoms with Gasteiger partial charge in [-0.15, -0.1) is 0 Å². The summed E-state index contributed by atoms with van der Waals surface area (Å²) in [5.41, 5.74) is 0.885. The van der Waals surface area contributed by atoms with E-state index in [1.807, 2.05) is 6.07 Å². The summed E-state index contributed by atoms with van der Waals surface area (Å²) in [5.74, 6) is 0.387. The van der Waals surface area contributed by atoms with Gasteiger partial charge in [-0.25, -0.2) is 0 Å². The lowest BCUT2D eigenvalue weighted by molar-refractivity contribution is -0.0513. The summed E-state index contributed by atoms with van der Waals surface area (Å²) in [6, 6.07) is 5.55. The lowest BCUT2D eigenvalue weighted by atomic mass is 9.65. The molecule has 4 nitrogen and oxygen atoms in total. The Morgan fingerprint density at radius 3 is 2.78 bits per heavy atom. The molecule has 3 atom stereocenters. The number of aliphatic hydroxyl groups excluding tert-OH is 1. The minimum atomic E-state index is -2.88. The Bertz CT molecular complexity index is 569. The largest absolute Gasteiger partial charge is 0.493 e. The van der Waals surface area contributed by atoms with Crippen molar-refractivity contribution in [3.8, 4) is 11.5 Å². The molecule has 1 aliphatic heterocycles. The van der Waals surface area contributed by atoms with Crippen molar-refractivity contribution in [3.05, 3.63) is 23.8 Å². The second-order valence-electron chi connectivity index (χ2n) is 6.57. The first-order chi connectivity index (χ1) is 11.0. The van der Waals surface area contributed by atoms with Gasteiger partial charge in [-0.2, -0.15) is 8.78 Å². The first-order valence-corrected chi connectivity index (χ1v) is 7.98. The van der Waals surface area contributed by atoms with E-state index in [1.54, 1.807) is 12.1 Å². The number of rotatable bonds is 4. The molecule has 0 amide bonds. The van der Waals surface area contributed by atoms with E-state index in [0.717, 1.165) is 31.4 Å². The number of halogens is 2. The van der Waals surface area contributed by atoms with Crippen LogP contribution in [0.2, 0.25) is 0 Å². The topological polar surface area (TPSA) is 41.9 Å². The van der Waals surface area contributed by atoms with Crippen molar-refractivity contribution in [3.63, 3.8) is 0 Å². The Labute approximate surface area is 135 Å². The van der Waals surface area contributed by atoms with Gasteiger partial charge in [-0.1, -0.05) is 6.07 Å². The monoisotopic (exact) mass is 327 g/mol. The Morgan fingerprint density at radius 2 is 2.09 bits per heavy atom. The maximum Gasteiger partial charge on any atom is 0.387 e. The maximum atomic E-state index is 12.7. The van der Waals surface area contributed by atoms with Crippen molar-refractivity contribution in [2.45, 2.75) is 49.9 Å². The average molecular weight is 327 g/mol. The predicted octanol–water partition coefficient (Wildman–Crippen LogP) is 2.78. The number of alkyl halides is 2. The number of aliphatic hydroxyl groups is 1. The molecule has 2 fully saturated rings. The second-order valence-corrected chi connectivity index (χ2v) is 6.57. The molecule has 1 unspecified atom stereocenters. The third-order valence-electron chi connectivity index (χ3n) is 5.45. The van der Waals surface area contributed by atoms with Gasteiger partial charge >= 0.3 is 6.61 Å². The van der Waals surface area contributed by atoms with Crippen molar-refractivity contribution in [1.82, 2.24) is 4.90 Å². The summed E-state index contributed by atoms with van der Waals surface area (Å²) in [4.78, 5) is 2.26. The first-order valence-electron chi connectivity index (χ1n) is 7.98. The highest BCUT2D eigenvalue weighted by Gasteiger charge is 2.50. The molecule has 1 heterocycles. The highest BCUT2D eigenvalue weighted by molar-refractivity contribution is 5.46. The summed E-state index contributed by atoms with van der Waals surface area (Å²) in [7, 11) is 3.50. The minimum absolute atomic E-state index is 0.0776. The van der Waals surface area contributed by atoms with Crippen molar-refractivity contribution in [1.29, 1.82) is 0 Å². The van der Waals surface area contributed by atoms with Crippen LogP contribution < -0.4 is 9.47 Å². The zero-order chi connectivity index (χ0) is 16.6. The summed E-state index contributed by atoms with van der Waals surface area (Å²) in [6.07, 6.45) is 2.98. The molecule has 0 spiro atoms. The predicted molar refractivity (Wildman–Crippen MR) is 82.2 cm³/mol. The molecule has 2 aliphatic rings. The third kappa shape index (κ3) is 2.90. The molecular formula is C17H23F2NO3. The molecular weight excluding hydrogens is 304 g/mol. The van der Waals surface area contributed by atoms with Gasteiger partial charge in [0.15, 0.2) is 11.5 Å². The lowest BCUT2D eigenvalue weighted by Gasteiger charge is -2.43. The molecule has 3 rings (SSSR count). The summed E-state index contributed by atoms with van der Waals surface area (Å²) in [5, 5.41) is 10.0. The Kier molecular flexibility index (Phi) is 4.47. The van der Waals surface area contributed by atoms with Crippen LogP contribution >= 0.6 is 0 Å². The van der Waals surface area contributed by atoms with Gasteiger partial charge in [0, 0.05) is 11.5 Å². The SMILES string of the molecule is COc1ccc([C@@]23CCC(O)C[C@@H]2N(C)CC3)cc1OC(F)F. The molecule has 1 saturated heterocycles. The zero-order valence-corrected chi connectivity index (χ0v) is 13.5. The van der Waals surface area contributed by atoms with E-state index in [1.165, 1.54) is 7.11 Å². The number of hydrogen-bond acceptors (Lipinski definition) is 4. The van der Waals surface area contributed by atoms with Crippen LogP contribution in [0.15, 0.2) is 18.2 Å². The summed E-state index contributed by atoms with van der Waals surface area (Å²) < 4.78 is 35.1. The van der Waals surface area contributed by atoms with Crippen LogP contribution in [0.3, 0.4) is 0 Å². The number of hydrogen-bond donors (Lipinski definition) is 1. The van der Waals surface area contributed by atoms with Crippen LogP contribution in [0.5, 0.6) is 11.5 Å². The number of benzene rings is 1. The van der Waals surface area contributed by atoms with Gasteiger partial charge in [0.05, 0.1) is 13.2 Å².